The molecule has 1 N–H and O–H groups in total. The highest BCUT2D eigenvalue weighted by Gasteiger charge is 2.32. The van der Waals surface area contributed by atoms with Gasteiger partial charge in [0.05, 0.1) is 4.92 Å². The molecule has 1 aromatic rings. The second-order valence-electron chi connectivity index (χ2n) is 5.57. The van der Waals surface area contributed by atoms with E-state index in [1.165, 1.54) is 31.7 Å². The lowest BCUT2D eigenvalue weighted by Crippen LogP contribution is -2.26. The molecule has 0 atom stereocenters. The highest BCUT2D eigenvalue weighted by Crippen LogP contribution is 2.41. The van der Waals surface area contributed by atoms with Crippen molar-refractivity contribution in [1.29, 1.82) is 0 Å². The van der Waals surface area contributed by atoms with E-state index in [4.69, 9.17) is 0 Å². The molecule has 2 rings (SSSR count). The first-order valence-corrected chi connectivity index (χ1v) is 7.08. The van der Waals surface area contributed by atoms with E-state index in [0.29, 0.717) is 17.5 Å². The fraction of sp³-hybridized carbons (Fsp3) is 0.533. The molecule has 0 amide bonds. The Balaban J connectivity index is 2.16. The molecule has 1 fully saturated rings. The molecule has 0 heterocycles. The summed E-state index contributed by atoms with van der Waals surface area (Å²) in [5, 5.41) is 14.3. The van der Waals surface area contributed by atoms with Crippen LogP contribution in [-0.4, -0.2) is 17.8 Å². The van der Waals surface area contributed by atoms with E-state index < -0.39 is 4.92 Å². The van der Waals surface area contributed by atoms with Crippen LogP contribution in [0.5, 0.6) is 0 Å². The molecule has 1 aliphatic carbocycles. The van der Waals surface area contributed by atoms with Gasteiger partial charge in [-0.25, -0.2) is 0 Å². The summed E-state index contributed by atoms with van der Waals surface area (Å²) in [4.78, 5) is 21.4. The third-order valence-electron chi connectivity index (χ3n) is 4.42. The molecular formula is C15H20N2O3. The van der Waals surface area contributed by atoms with Gasteiger partial charge in [0.25, 0.3) is 5.69 Å². The second-order valence-corrected chi connectivity index (χ2v) is 5.57. The topological polar surface area (TPSA) is 72.2 Å². The van der Waals surface area contributed by atoms with E-state index >= 15 is 0 Å². The van der Waals surface area contributed by atoms with E-state index in [9.17, 15) is 14.9 Å². The number of hydrogen-bond acceptors (Lipinski definition) is 4. The maximum Gasteiger partial charge on any atom is 0.293 e. The Morgan fingerprint density at radius 3 is 2.65 bits per heavy atom. The number of nitrogens with zero attached hydrogens (tertiary/aromatic N) is 1. The maximum atomic E-state index is 11.1. The predicted molar refractivity (Wildman–Crippen MR) is 78.2 cm³/mol. The highest BCUT2D eigenvalue weighted by molar-refractivity contribution is 5.79. The molecule has 108 valence electrons. The summed E-state index contributed by atoms with van der Waals surface area (Å²) in [5.41, 5.74) is 1.06. The average molecular weight is 276 g/mol. The maximum absolute atomic E-state index is 11.1. The van der Waals surface area contributed by atoms with Crippen LogP contribution in [0.2, 0.25) is 0 Å². The summed E-state index contributed by atoms with van der Waals surface area (Å²) in [6.07, 6.45) is 6.54. The Hall–Kier alpha value is -1.91. The Morgan fingerprint density at radius 2 is 2.10 bits per heavy atom. The molecule has 0 saturated heterocycles. The minimum absolute atomic E-state index is 0.0288. The predicted octanol–water partition coefficient (Wildman–Crippen LogP) is 3.79. The van der Waals surface area contributed by atoms with Crippen molar-refractivity contribution >= 4 is 17.7 Å². The largest absolute Gasteiger partial charge is 0.379 e. The molecule has 1 aromatic carbocycles. The Kier molecular flexibility index (Phi) is 4.37. The standard InChI is InChI=1S/C15H20N2O3/c1-2-15(7-3-4-8-15)11-16-13-6-5-12(10-18)9-14(13)17(19)20/h5-6,9-10,16H,2-4,7-8,11H2,1H3. The number of nitro benzene ring substituents is 1. The minimum Gasteiger partial charge on any atom is -0.379 e. The van der Waals surface area contributed by atoms with Gasteiger partial charge in [0.1, 0.15) is 12.0 Å². The SMILES string of the molecule is CCC1(CNc2ccc(C=O)cc2[N+](=O)[O-])CCCC1. The Morgan fingerprint density at radius 1 is 1.40 bits per heavy atom. The molecule has 5 heteroatoms. The third kappa shape index (κ3) is 2.98. The van der Waals surface area contributed by atoms with Crippen LogP contribution in [0.25, 0.3) is 0 Å². The van der Waals surface area contributed by atoms with Gasteiger partial charge >= 0.3 is 0 Å². The van der Waals surface area contributed by atoms with Crippen LogP contribution in [0.4, 0.5) is 11.4 Å². The lowest BCUT2D eigenvalue weighted by Gasteiger charge is -2.28. The van der Waals surface area contributed by atoms with Crippen LogP contribution >= 0.6 is 0 Å². The van der Waals surface area contributed by atoms with Crippen molar-refractivity contribution in [2.45, 2.75) is 39.0 Å². The van der Waals surface area contributed by atoms with Gasteiger partial charge in [0.15, 0.2) is 0 Å². The third-order valence-corrected chi connectivity index (χ3v) is 4.42. The lowest BCUT2D eigenvalue weighted by atomic mass is 9.83. The van der Waals surface area contributed by atoms with Gasteiger partial charge in [-0.15, -0.1) is 0 Å². The molecule has 0 bridgehead atoms. The van der Waals surface area contributed by atoms with Crippen LogP contribution in [-0.2, 0) is 0 Å². The molecule has 1 aliphatic rings. The Bertz CT molecular complexity index is 508. The first kappa shape index (κ1) is 14.5. The van der Waals surface area contributed by atoms with Crippen molar-refractivity contribution in [3.8, 4) is 0 Å². The number of benzene rings is 1. The van der Waals surface area contributed by atoms with E-state index in [0.717, 1.165) is 13.0 Å². The number of aldehydes is 1. The summed E-state index contributed by atoms with van der Waals surface area (Å²) in [6.45, 7) is 2.93. The molecular weight excluding hydrogens is 256 g/mol. The first-order chi connectivity index (χ1) is 9.60. The van der Waals surface area contributed by atoms with E-state index in [-0.39, 0.29) is 11.1 Å². The quantitative estimate of drug-likeness (QED) is 0.487. The Labute approximate surface area is 118 Å². The minimum atomic E-state index is -0.442. The van der Waals surface area contributed by atoms with E-state index in [1.54, 1.807) is 12.1 Å². The lowest BCUT2D eigenvalue weighted by molar-refractivity contribution is -0.384. The normalized spacial score (nSPS) is 16.9. The van der Waals surface area contributed by atoms with Crippen LogP contribution < -0.4 is 5.32 Å². The van der Waals surface area contributed by atoms with Crippen molar-refractivity contribution in [2.75, 3.05) is 11.9 Å². The number of anilines is 1. The first-order valence-electron chi connectivity index (χ1n) is 7.08. The number of hydrogen-bond donors (Lipinski definition) is 1. The van der Waals surface area contributed by atoms with E-state index in [1.807, 2.05) is 0 Å². The number of carbonyl (C=O) groups excluding carboxylic acids is 1. The molecule has 0 unspecified atom stereocenters. The van der Waals surface area contributed by atoms with Crippen LogP contribution in [0.1, 0.15) is 49.4 Å². The molecule has 5 nitrogen and oxygen atoms in total. The highest BCUT2D eigenvalue weighted by atomic mass is 16.6. The zero-order valence-corrected chi connectivity index (χ0v) is 11.7. The molecule has 20 heavy (non-hydrogen) atoms. The van der Waals surface area contributed by atoms with Gasteiger partial charge < -0.3 is 5.32 Å². The molecule has 0 aromatic heterocycles. The summed E-state index contributed by atoms with van der Waals surface area (Å²) in [5.74, 6) is 0. The zero-order chi connectivity index (χ0) is 14.6. The second kappa shape index (κ2) is 6.03. The monoisotopic (exact) mass is 276 g/mol. The van der Waals surface area contributed by atoms with E-state index in [2.05, 4.69) is 12.2 Å². The van der Waals surface area contributed by atoms with Crippen molar-refractivity contribution in [3.05, 3.63) is 33.9 Å². The molecule has 1 saturated carbocycles. The van der Waals surface area contributed by atoms with Crippen molar-refractivity contribution in [2.24, 2.45) is 5.41 Å². The van der Waals surface area contributed by atoms with Gasteiger partial charge in [0, 0.05) is 18.2 Å². The number of carbonyl (C=O) groups is 1. The van der Waals surface area contributed by atoms with Gasteiger partial charge in [-0.05, 0) is 36.8 Å². The van der Waals surface area contributed by atoms with Gasteiger partial charge in [-0.2, -0.15) is 0 Å². The van der Waals surface area contributed by atoms with Crippen molar-refractivity contribution < 1.29 is 9.72 Å². The molecule has 0 spiro atoms. The van der Waals surface area contributed by atoms with Gasteiger partial charge in [-0.3, -0.25) is 14.9 Å². The summed E-state index contributed by atoms with van der Waals surface area (Å²) >= 11 is 0. The zero-order valence-electron chi connectivity index (χ0n) is 11.7. The number of rotatable bonds is 6. The molecule has 0 aliphatic heterocycles. The summed E-state index contributed by atoms with van der Waals surface area (Å²) in [6, 6.07) is 4.55. The molecule has 0 radical (unpaired) electrons. The van der Waals surface area contributed by atoms with Crippen molar-refractivity contribution in [3.63, 3.8) is 0 Å². The summed E-state index contributed by atoms with van der Waals surface area (Å²) < 4.78 is 0. The van der Waals surface area contributed by atoms with Crippen molar-refractivity contribution in [1.82, 2.24) is 0 Å². The van der Waals surface area contributed by atoms with Crippen LogP contribution in [0.15, 0.2) is 18.2 Å². The van der Waals surface area contributed by atoms with Gasteiger partial charge in [0.2, 0.25) is 0 Å². The van der Waals surface area contributed by atoms with Crippen LogP contribution in [0.3, 0.4) is 0 Å². The summed E-state index contributed by atoms with van der Waals surface area (Å²) in [7, 11) is 0. The number of nitrogens with one attached hydrogen (secondary N) is 1. The fourth-order valence-corrected chi connectivity index (χ4v) is 2.99. The smallest absolute Gasteiger partial charge is 0.293 e. The average Bonchev–Trinajstić information content (AvgIpc) is 2.94. The van der Waals surface area contributed by atoms with Gasteiger partial charge in [-0.1, -0.05) is 19.8 Å². The fourth-order valence-electron chi connectivity index (χ4n) is 2.99. The van der Waals surface area contributed by atoms with Crippen LogP contribution in [0, 0.1) is 15.5 Å². The number of nitro groups is 1.